The summed E-state index contributed by atoms with van der Waals surface area (Å²) in [4.78, 5) is 0. The Kier molecular flexibility index (Phi) is 5.71. The molecular formula is C14H28O2. The number of aliphatic hydroxyl groups is 2. The average Bonchev–Trinajstić information content (AvgIpc) is 2.14. The minimum Gasteiger partial charge on any atom is -0.392 e. The molecule has 0 radical (unpaired) electrons. The van der Waals surface area contributed by atoms with E-state index in [2.05, 4.69) is 19.9 Å². The summed E-state index contributed by atoms with van der Waals surface area (Å²) in [6.45, 7) is 11.7. The van der Waals surface area contributed by atoms with Gasteiger partial charge in [0.1, 0.15) is 0 Å². The number of aliphatic hydroxyl groups excluding tert-OH is 1. The van der Waals surface area contributed by atoms with Crippen LogP contribution in [0.25, 0.3) is 0 Å². The van der Waals surface area contributed by atoms with E-state index in [0.717, 1.165) is 6.42 Å². The fraction of sp³-hybridized carbons (Fsp3) is 0.857. The summed E-state index contributed by atoms with van der Waals surface area (Å²) in [5, 5.41) is 20.1. The minimum atomic E-state index is -0.717. The van der Waals surface area contributed by atoms with Crippen molar-refractivity contribution in [3.05, 3.63) is 12.2 Å². The molecule has 3 atom stereocenters. The Bertz CT molecular complexity index is 227. The van der Waals surface area contributed by atoms with Crippen molar-refractivity contribution in [2.45, 2.75) is 66.1 Å². The highest BCUT2D eigenvalue weighted by Gasteiger charge is 2.34. The summed E-state index contributed by atoms with van der Waals surface area (Å²) in [5.74, 6) is 0.0844. The summed E-state index contributed by atoms with van der Waals surface area (Å²) in [6, 6.07) is 0. The van der Waals surface area contributed by atoms with Crippen LogP contribution in [-0.2, 0) is 0 Å². The van der Waals surface area contributed by atoms with Crippen molar-refractivity contribution in [1.82, 2.24) is 0 Å². The van der Waals surface area contributed by atoms with Gasteiger partial charge in [-0.15, -0.1) is 0 Å². The lowest BCUT2D eigenvalue weighted by molar-refractivity contribution is -0.0211. The molecule has 0 amide bonds. The van der Waals surface area contributed by atoms with Gasteiger partial charge >= 0.3 is 0 Å². The minimum absolute atomic E-state index is 0.0844. The fourth-order valence-electron chi connectivity index (χ4n) is 2.36. The second-order valence-corrected chi connectivity index (χ2v) is 5.80. The van der Waals surface area contributed by atoms with Crippen LogP contribution >= 0.6 is 0 Å². The van der Waals surface area contributed by atoms with Gasteiger partial charge in [0.25, 0.3) is 0 Å². The van der Waals surface area contributed by atoms with Crippen LogP contribution in [0.3, 0.4) is 0 Å². The summed E-state index contributed by atoms with van der Waals surface area (Å²) >= 11 is 0. The summed E-state index contributed by atoms with van der Waals surface area (Å²) in [7, 11) is 0. The Morgan fingerprint density at radius 3 is 2.06 bits per heavy atom. The molecule has 0 aromatic rings. The molecule has 0 aromatic carbocycles. The lowest BCUT2D eigenvalue weighted by atomic mass is 9.73. The lowest BCUT2D eigenvalue weighted by Crippen LogP contribution is -2.38. The highest BCUT2D eigenvalue weighted by Crippen LogP contribution is 2.34. The van der Waals surface area contributed by atoms with Crippen LogP contribution in [0.1, 0.15) is 54.4 Å². The van der Waals surface area contributed by atoms with Crippen molar-refractivity contribution in [2.24, 2.45) is 11.3 Å². The normalized spacial score (nSPS) is 20.8. The zero-order chi connectivity index (χ0) is 13.0. The maximum atomic E-state index is 10.4. The number of rotatable bonds is 6. The molecule has 0 spiro atoms. The SMILES string of the molecule is CC=CC(C)(CC)[C@@H](O)C(C)CC(C)(C)O. The molecule has 0 saturated carbocycles. The van der Waals surface area contributed by atoms with Crippen LogP contribution in [0.15, 0.2) is 12.2 Å². The van der Waals surface area contributed by atoms with Crippen molar-refractivity contribution < 1.29 is 10.2 Å². The molecule has 16 heavy (non-hydrogen) atoms. The second kappa shape index (κ2) is 5.83. The van der Waals surface area contributed by atoms with Gasteiger partial charge in [0.15, 0.2) is 0 Å². The molecule has 2 unspecified atom stereocenters. The van der Waals surface area contributed by atoms with Gasteiger partial charge in [-0.05, 0) is 39.5 Å². The largest absolute Gasteiger partial charge is 0.392 e. The van der Waals surface area contributed by atoms with Crippen molar-refractivity contribution >= 4 is 0 Å². The fourth-order valence-corrected chi connectivity index (χ4v) is 2.36. The van der Waals surface area contributed by atoms with Crippen molar-refractivity contribution in [3.63, 3.8) is 0 Å². The van der Waals surface area contributed by atoms with Crippen LogP contribution in [0.5, 0.6) is 0 Å². The van der Waals surface area contributed by atoms with E-state index in [4.69, 9.17) is 0 Å². The van der Waals surface area contributed by atoms with E-state index in [1.807, 2.05) is 19.9 Å². The predicted molar refractivity (Wildman–Crippen MR) is 69.3 cm³/mol. The first-order chi connectivity index (χ1) is 7.16. The van der Waals surface area contributed by atoms with Crippen molar-refractivity contribution in [3.8, 4) is 0 Å². The highest BCUT2D eigenvalue weighted by atomic mass is 16.3. The topological polar surface area (TPSA) is 40.5 Å². The lowest BCUT2D eigenvalue weighted by Gasteiger charge is -2.36. The monoisotopic (exact) mass is 228 g/mol. The summed E-state index contributed by atoms with van der Waals surface area (Å²) in [5.41, 5.74) is -0.912. The molecule has 0 fully saturated rings. The van der Waals surface area contributed by atoms with E-state index < -0.39 is 11.7 Å². The van der Waals surface area contributed by atoms with E-state index in [1.54, 1.807) is 13.8 Å². The van der Waals surface area contributed by atoms with Gasteiger partial charge in [-0.25, -0.2) is 0 Å². The Hall–Kier alpha value is -0.340. The molecule has 0 aliphatic carbocycles. The van der Waals surface area contributed by atoms with Crippen LogP contribution in [-0.4, -0.2) is 21.9 Å². The van der Waals surface area contributed by atoms with Gasteiger partial charge in [0.05, 0.1) is 11.7 Å². The molecular weight excluding hydrogens is 200 g/mol. The molecule has 0 saturated heterocycles. The Morgan fingerprint density at radius 1 is 1.25 bits per heavy atom. The van der Waals surface area contributed by atoms with Crippen LogP contribution in [0.2, 0.25) is 0 Å². The summed E-state index contributed by atoms with van der Waals surface area (Å²) < 4.78 is 0. The molecule has 2 nitrogen and oxygen atoms in total. The standard InChI is InChI=1S/C14H28O2/c1-7-9-14(6,8-2)12(15)11(3)10-13(4,5)16/h7,9,11-12,15-16H,8,10H2,1-6H3/t11?,12-,14?/m0/s1. The van der Waals surface area contributed by atoms with Crippen LogP contribution in [0.4, 0.5) is 0 Å². The summed E-state index contributed by atoms with van der Waals surface area (Å²) in [6.07, 6.45) is 5.15. The maximum Gasteiger partial charge on any atom is 0.0654 e. The van der Waals surface area contributed by atoms with Crippen molar-refractivity contribution in [2.75, 3.05) is 0 Å². The third kappa shape index (κ3) is 4.67. The molecule has 0 aliphatic heterocycles. The quantitative estimate of drug-likeness (QED) is 0.686. The van der Waals surface area contributed by atoms with E-state index in [0.29, 0.717) is 6.42 Å². The average molecular weight is 228 g/mol. The Labute approximate surface area is 100 Å². The van der Waals surface area contributed by atoms with E-state index in [1.165, 1.54) is 0 Å². The van der Waals surface area contributed by atoms with Crippen molar-refractivity contribution in [1.29, 1.82) is 0 Å². The Balaban J connectivity index is 4.69. The molecule has 96 valence electrons. The third-order valence-electron chi connectivity index (χ3n) is 3.35. The molecule has 0 bridgehead atoms. The van der Waals surface area contributed by atoms with Gasteiger partial charge in [-0.1, -0.05) is 32.9 Å². The molecule has 0 rings (SSSR count). The van der Waals surface area contributed by atoms with E-state index in [-0.39, 0.29) is 11.3 Å². The molecule has 0 aromatic heterocycles. The molecule has 2 heteroatoms. The number of hydrogen-bond acceptors (Lipinski definition) is 2. The smallest absolute Gasteiger partial charge is 0.0654 e. The van der Waals surface area contributed by atoms with Gasteiger partial charge in [-0.2, -0.15) is 0 Å². The number of hydrogen-bond donors (Lipinski definition) is 2. The van der Waals surface area contributed by atoms with Gasteiger partial charge in [0, 0.05) is 5.41 Å². The van der Waals surface area contributed by atoms with Crippen LogP contribution < -0.4 is 0 Å². The first kappa shape index (κ1) is 15.7. The number of allylic oxidation sites excluding steroid dienone is 1. The van der Waals surface area contributed by atoms with Gasteiger partial charge < -0.3 is 10.2 Å². The van der Waals surface area contributed by atoms with E-state index in [9.17, 15) is 10.2 Å². The maximum absolute atomic E-state index is 10.4. The first-order valence-corrected chi connectivity index (χ1v) is 6.20. The zero-order valence-electron chi connectivity index (χ0n) is 11.6. The third-order valence-corrected chi connectivity index (χ3v) is 3.35. The second-order valence-electron chi connectivity index (χ2n) is 5.80. The highest BCUT2D eigenvalue weighted by molar-refractivity contribution is 5.01. The van der Waals surface area contributed by atoms with Crippen LogP contribution in [0, 0.1) is 11.3 Å². The zero-order valence-corrected chi connectivity index (χ0v) is 11.6. The molecule has 2 N–H and O–H groups in total. The molecule has 0 aliphatic rings. The van der Waals surface area contributed by atoms with E-state index >= 15 is 0 Å². The van der Waals surface area contributed by atoms with Gasteiger partial charge in [0.2, 0.25) is 0 Å². The Morgan fingerprint density at radius 2 is 1.75 bits per heavy atom. The first-order valence-electron chi connectivity index (χ1n) is 6.20. The van der Waals surface area contributed by atoms with Gasteiger partial charge in [-0.3, -0.25) is 0 Å². The molecule has 0 heterocycles. The predicted octanol–water partition coefficient (Wildman–Crippen LogP) is 3.14.